The number of hydrogen-bond donors (Lipinski definition) is 3. The van der Waals surface area contributed by atoms with Crippen LogP contribution < -0.4 is 11.1 Å². The van der Waals surface area contributed by atoms with Gasteiger partial charge in [-0.15, -0.1) is 0 Å². The minimum Gasteiger partial charge on any atom is -0.480 e. The summed E-state index contributed by atoms with van der Waals surface area (Å²) in [6.45, 7) is 3.76. The van der Waals surface area contributed by atoms with Gasteiger partial charge >= 0.3 is 5.97 Å². The maximum absolute atomic E-state index is 11.4. The highest BCUT2D eigenvalue weighted by Crippen LogP contribution is 2.46. The summed E-state index contributed by atoms with van der Waals surface area (Å²) in [6, 6.07) is 5.26. The molecule has 0 fully saturated rings. The van der Waals surface area contributed by atoms with E-state index in [0.29, 0.717) is 5.70 Å². The molecular formula is C15H16N2O2. The highest BCUT2D eigenvalue weighted by Gasteiger charge is 2.41. The van der Waals surface area contributed by atoms with Crippen molar-refractivity contribution in [2.24, 2.45) is 11.7 Å². The van der Waals surface area contributed by atoms with Crippen LogP contribution in [0.5, 0.6) is 0 Å². The topological polar surface area (TPSA) is 75.3 Å². The van der Waals surface area contributed by atoms with Gasteiger partial charge < -0.3 is 16.2 Å². The normalized spacial score (nSPS) is 27.3. The third kappa shape index (κ3) is 1.71. The Balaban J connectivity index is 2.15. The molecule has 1 heterocycles. The number of allylic oxidation sites excluding steroid dienone is 2. The van der Waals surface area contributed by atoms with Gasteiger partial charge in [-0.25, -0.2) is 4.79 Å². The van der Waals surface area contributed by atoms with E-state index in [2.05, 4.69) is 24.0 Å². The average Bonchev–Trinajstić information content (AvgIpc) is 2.85. The van der Waals surface area contributed by atoms with Crippen LogP contribution in [0.15, 0.2) is 36.9 Å². The SMILES string of the molecule is C=C(N)c1cccc2c1NC(C(=O)O)C1CC=CC21. The van der Waals surface area contributed by atoms with Crippen molar-refractivity contribution >= 4 is 17.4 Å². The number of fused-ring (bicyclic) bond motifs is 3. The van der Waals surface area contributed by atoms with Gasteiger partial charge in [-0.3, -0.25) is 0 Å². The second-order valence-electron chi connectivity index (χ2n) is 5.11. The molecule has 0 saturated carbocycles. The predicted molar refractivity (Wildman–Crippen MR) is 74.7 cm³/mol. The Morgan fingerprint density at radius 2 is 2.26 bits per heavy atom. The Labute approximate surface area is 111 Å². The van der Waals surface area contributed by atoms with E-state index in [-0.39, 0.29) is 11.8 Å². The Kier molecular flexibility index (Phi) is 2.59. The van der Waals surface area contributed by atoms with E-state index in [4.69, 9.17) is 5.73 Å². The van der Waals surface area contributed by atoms with Crippen LogP contribution in [0.25, 0.3) is 5.70 Å². The quantitative estimate of drug-likeness (QED) is 0.709. The second kappa shape index (κ2) is 4.16. The summed E-state index contributed by atoms with van der Waals surface area (Å²) in [7, 11) is 0. The summed E-state index contributed by atoms with van der Waals surface area (Å²) in [5.41, 5.74) is 8.97. The van der Waals surface area contributed by atoms with Crippen molar-refractivity contribution in [3.8, 4) is 0 Å². The van der Waals surface area contributed by atoms with Crippen molar-refractivity contribution in [2.75, 3.05) is 5.32 Å². The first-order valence-electron chi connectivity index (χ1n) is 6.33. The molecule has 1 aromatic rings. The highest BCUT2D eigenvalue weighted by atomic mass is 16.4. The first-order chi connectivity index (χ1) is 9.09. The van der Waals surface area contributed by atoms with Crippen molar-refractivity contribution in [1.29, 1.82) is 0 Å². The molecule has 1 aliphatic carbocycles. The zero-order valence-corrected chi connectivity index (χ0v) is 10.5. The number of carbonyl (C=O) groups is 1. The molecule has 4 N–H and O–H groups in total. The molecule has 98 valence electrons. The second-order valence-corrected chi connectivity index (χ2v) is 5.11. The van der Waals surface area contributed by atoms with E-state index in [9.17, 15) is 9.90 Å². The van der Waals surface area contributed by atoms with Crippen molar-refractivity contribution < 1.29 is 9.90 Å². The van der Waals surface area contributed by atoms with E-state index >= 15 is 0 Å². The number of hydrogen-bond acceptors (Lipinski definition) is 3. The minimum atomic E-state index is -0.818. The average molecular weight is 256 g/mol. The molecule has 0 aromatic heterocycles. The molecule has 3 rings (SSSR count). The molecule has 1 aliphatic heterocycles. The van der Waals surface area contributed by atoms with Crippen molar-refractivity contribution in [3.63, 3.8) is 0 Å². The van der Waals surface area contributed by atoms with E-state index in [1.807, 2.05) is 18.2 Å². The molecule has 1 aromatic carbocycles. The van der Waals surface area contributed by atoms with Crippen LogP contribution in [0.3, 0.4) is 0 Å². The lowest BCUT2D eigenvalue weighted by Crippen LogP contribution is -2.42. The summed E-state index contributed by atoms with van der Waals surface area (Å²) in [5, 5.41) is 12.5. The molecule has 19 heavy (non-hydrogen) atoms. The molecule has 0 bridgehead atoms. The van der Waals surface area contributed by atoms with Gasteiger partial charge in [0.1, 0.15) is 6.04 Å². The van der Waals surface area contributed by atoms with E-state index < -0.39 is 12.0 Å². The van der Waals surface area contributed by atoms with Crippen LogP contribution >= 0.6 is 0 Å². The van der Waals surface area contributed by atoms with Gasteiger partial charge in [-0.05, 0) is 12.0 Å². The molecule has 2 aliphatic rings. The minimum absolute atomic E-state index is 0.0753. The zero-order valence-electron chi connectivity index (χ0n) is 10.5. The molecule has 3 atom stereocenters. The summed E-state index contributed by atoms with van der Waals surface area (Å²) in [5.74, 6) is -0.593. The van der Waals surface area contributed by atoms with Gasteiger partial charge in [0.25, 0.3) is 0 Å². The molecule has 4 nitrogen and oxygen atoms in total. The van der Waals surface area contributed by atoms with Crippen molar-refractivity contribution in [1.82, 2.24) is 0 Å². The maximum Gasteiger partial charge on any atom is 0.326 e. The van der Waals surface area contributed by atoms with Gasteiger partial charge in [0.2, 0.25) is 0 Å². The first kappa shape index (κ1) is 11.8. The lowest BCUT2D eigenvalue weighted by atomic mass is 9.78. The Morgan fingerprint density at radius 3 is 2.95 bits per heavy atom. The summed E-state index contributed by atoms with van der Waals surface area (Å²) in [6.07, 6.45) is 4.96. The summed E-state index contributed by atoms with van der Waals surface area (Å²) < 4.78 is 0. The number of anilines is 1. The highest BCUT2D eigenvalue weighted by molar-refractivity contribution is 5.85. The maximum atomic E-state index is 11.4. The molecule has 0 amide bonds. The fourth-order valence-corrected chi connectivity index (χ4v) is 3.13. The molecular weight excluding hydrogens is 240 g/mol. The van der Waals surface area contributed by atoms with Crippen LogP contribution in [0, 0.1) is 5.92 Å². The third-order valence-electron chi connectivity index (χ3n) is 4.01. The molecule has 0 spiro atoms. The van der Waals surface area contributed by atoms with E-state index in [0.717, 1.165) is 23.2 Å². The Bertz CT molecular complexity index is 592. The third-order valence-corrected chi connectivity index (χ3v) is 4.01. The lowest BCUT2D eigenvalue weighted by molar-refractivity contribution is -0.139. The number of carboxylic acid groups (broad SMARTS) is 1. The summed E-state index contributed by atoms with van der Waals surface area (Å²) in [4.78, 5) is 11.4. The van der Waals surface area contributed by atoms with Crippen LogP contribution in [-0.4, -0.2) is 17.1 Å². The van der Waals surface area contributed by atoms with Gasteiger partial charge in [-0.2, -0.15) is 0 Å². The van der Waals surface area contributed by atoms with Crippen LogP contribution in [0.4, 0.5) is 5.69 Å². The smallest absolute Gasteiger partial charge is 0.326 e. The molecule has 3 unspecified atom stereocenters. The van der Waals surface area contributed by atoms with Gasteiger partial charge in [-0.1, -0.05) is 36.9 Å². The monoisotopic (exact) mass is 256 g/mol. The Morgan fingerprint density at radius 1 is 1.47 bits per heavy atom. The van der Waals surface area contributed by atoms with Crippen molar-refractivity contribution in [3.05, 3.63) is 48.1 Å². The van der Waals surface area contributed by atoms with Gasteiger partial charge in [0.15, 0.2) is 0 Å². The van der Waals surface area contributed by atoms with Gasteiger partial charge in [0.05, 0.1) is 0 Å². The fourth-order valence-electron chi connectivity index (χ4n) is 3.13. The predicted octanol–water partition coefficient (Wildman–Crippen LogP) is 2.15. The number of para-hydroxylation sites is 1. The fraction of sp³-hybridized carbons (Fsp3) is 0.267. The number of nitrogens with one attached hydrogen (secondary N) is 1. The van der Waals surface area contributed by atoms with Crippen LogP contribution in [0.1, 0.15) is 23.5 Å². The first-order valence-corrected chi connectivity index (χ1v) is 6.33. The van der Waals surface area contributed by atoms with Gasteiger partial charge in [0, 0.05) is 28.8 Å². The van der Waals surface area contributed by atoms with Crippen molar-refractivity contribution in [2.45, 2.75) is 18.4 Å². The number of carboxylic acids is 1. The molecule has 4 heteroatoms. The van der Waals surface area contributed by atoms with E-state index in [1.165, 1.54) is 0 Å². The number of nitrogens with two attached hydrogens (primary N) is 1. The number of rotatable bonds is 2. The van der Waals surface area contributed by atoms with Crippen LogP contribution in [-0.2, 0) is 4.79 Å². The number of aliphatic carboxylic acids is 1. The number of benzene rings is 1. The standard InChI is InChI=1S/C15H16N2O2/c1-8(16)9-4-2-6-11-10-5-3-7-12(10)14(15(18)19)17-13(9)11/h2-6,10,12,14,17H,1,7,16H2,(H,18,19). The Hall–Kier alpha value is -2.23. The molecule has 0 radical (unpaired) electrons. The largest absolute Gasteiger partial charge is 0.480 e. The van der Waals surface area contributed by atoms with E-state index in [1.54, 1.807) is 0 Å². The summed E-state index contributed by atoms with van der Waals surface area (Å²) >= 11 is 0. The molecule has 0 saturated heterocycles. The van der Waals surface area contributed by atoms with Crippen LogP contribution in [0.2, 0.25) is 0 Å². The zero-order chi connectivity index (χ0) is 13.6. The lowest BCUT2D eigenvalue weighted by Gasteiger charge is -2.35.